The summed E-state index contributed by atoms with van der Waals surface area (Å²) < 4.78 is 6.20. The van der Waals surface area contributed by atoms with E-state index < -0.39 is 20.5 Å². The van der Waals surface area contributed by atoms with Crippen molar-refractivity contribution in [1.29, 1.82) is 0 Å². The molecule has 0 spiro atoms. The first-order valence-corrected chi connectivity index (χ1v) is 10.5. The van der Waals surface area contributed by atoms with E-state index in [1.165, 1.54) is 11.1 Å². The number of fused-ring (bicyclic) bond motifs is 1. The molecular formula is C16H24N2O4Si. The Morgan fingerprint density at radius 2 is 2.17 bits per heavy atom. The second-order valence-corrected chi connectivity index (χ2v) is 12.2. The fourth-order valence-corrected chi connectivity index (χ4v) is 3.35. The van der Waals surface area contributed by atoms with E-state index in [-0.39, 0.29) is 11.6 Å². The van der Waals surface area contributed by atoms with Crippen molar-refractivity contribution >= 4 is 20.7 Å². The van der Waals surface area contributed by atoms with Crippen LogP contribution in [0.25, 0.3) is 0 Å². The van der Waals surface area contributed by atoms with Crippen LogP contribution in [-0.4, -0.2) is 42.3 Å². The number of aldehydes is 1. The largest absolute Gasteiger partial charge is 0.465 e. The van der Waals surface area contributed by atoms with Crippen molar-refractivity contribution in [3.8, 4) is 0 Å². The van der Waals surface area contributed by atoms with E-state index in [0.29, 0.717) is 17.9 Å². The van der Waals surface area contributed by atoms with Crippen LogP contribution in [0, 0.1) is 0 Å². The standard InChI is InChI=1S/C16H24N2O4Si/c1-16(2,3)23(4,5)22-10-13-14-12(8-18(13)15(20)21)6-11(9-19)7-17-14/h6-7,9,13H,8,10H2,1-5H3,(H,20,21)/t13-/m0/s1. The molecule has 0 bridgehead atoms. The molecule has 126 valence electrons. The molecule has 1 aromatic rings. The molecule has 0 saturated carbocycles. The van der Waals surface area contributed by atoms with Gasteiger partial charge in [-0.05, 0) is 29.8 Å². The summed E-state index contributed by atoms with van der Waals surface area (Å²) in [7, 11) is -1.98. The molecule has 1 atom stereocenters. The van der Waals surface area contributed by atoms with Gasteiger partial charge < -0.3 is 9.53 Å². The van der Waals surface area contributed by atoms with Crippen LogP contribution in [0.1, 0.15) is 48.4 Å². The predicted molar refractivity (Wildman–Crippen MR) is 89.1 cm³/mol. The third kappa shape index (κ3) is 3.45. The molecule has 0 aliphatic carbocycles. The average molecular weight is 336 g/mol. The minimum Gasteiger partial charge on any atom is -0.465 e. The molecule has 1 aromatic heterocycles. The van der Waals surface area contributed by atoms with Gasteiger partial charge in [0, 0.05) is 11.8 Å². The number of hydrogen-bond donors (Lipinski definition) is 1. The second-order valence-electron chi connectivity index (χ2n) is 7.43. The van der Waals surface area contributed by atoms with E-state index in [4.69, 9.17) is 4.43 Å². The third-order valence-corrected chi connectivity index (χ3v) is 9.35. The molecule has 1 aliphatic heterocycles. The average Bonchev–Trinajstić information content (AvgIpc) is 2.81. The van der Waals surface area contributed by atoms with Gasteiger partial charge in [0.15, 0.2) is 14.6 Å². The van der Waals surface area contributed by atoms with Gasteiger partial charge in [-0.3, -0.25) is 14.7 Å². The maximum Gasteiger partial charge on any atom is 0.408 e. The Bertz CT molecular complexity index is 625. The van der Waals surface area contributed by atoms with Gasteiger partial charge >= 0.3 is 6.09 Å². The van der Waals surface area contributed by atoms with Gasteiger partial charge in [0.2, 0.25) is 0 Å². The summed E-state index contributed by atoms with van der Waals surface area (Å²) in [6.07, 6.45) is 1.20. The van der Waals surface area contributed by atoms with Crippen molar-refractivity contribution in [1.82, 2.24) is 9.88 Å². The summed E-state index contributed by atoms with van der Waals surface area (Å²) in [5.41, 5.74) is 1.93. The fraction of sp³-hybridized carbons (Fsp3) is 0.562. The van der Waals surface area contributed by atoms with E-state index in [1.807, 2.05) is 0 Å². The number of rotatable bonds is 4. The Morgan fingerprint density at radius 1 is 1.52 bits per heavy atom. The lowest BCUT2D eigenvalue weighted by atomic mass is 10.1. The molecule has 7 heteroatoms. The summed E-state index contributed by atoms with van der Waals surface area (Å²) in [6, 6.07) is 1.29. The van der Waals surface area contributed by atoms with Crippen LogP contribution in [0.3, 0.4) is 0 Å². The molecule has 0 fully saturated rings. The van der Waals surface area contributed by atoms with Gasteiger partial charge in [0.25, 0.3) is 0 Å². The molecule has 0 aromatic carbocycles. The van der Waals surface area contributed by atoms with Gasteiger partial charge in [-0.25, -0.2) is 4.79 Å². The van der Waals surface area contributed by atoms with E-state index in [0.717, 1.165) is 11.8 Å². The number of pyridine rings is 1. The highest BCUT2D eigenvalue weighted by Crippen LogP contribution is 2.39. The number of carbonyl (C=O) groups excluding carboxylic acids is 1. The third-order valence-electron chi connectivity index (χ3n) is 4.85. The molecule has 0 saturated heterocycles. The van der Waals surface area contributed by atoms with E-state index in [2.05, 4.69) is 38.8 Å². The van der Waals surface area contributed by atoms with E-state index in [1.54, 1.807) is 6.07 Å². The van der Waals surface area contributed by atoms with Crippen LogP contribution in [0.15, 0.2) is 12.3 Å². The summed E-state index contributed by atoms with van der Waals surface area (Å²) in [5.74, 6) is 0. The molecule has 23 heavy (non-hydrogen) atoms. The maximum atomic E-state index is 11.5. The first kappa shape index (κ1) is 17.6. The minimum absolute atomic E-state index is 0.0529. The molecule has 0 unspecified atom stereocenters. The van der Waals surface area contributed by atoms with Crippen molar-refractivity contribution in [2.45, 2.75) is 51.5 Å². The SMILES string of the molecule is CC(C)(C)[Si](C)(C)OC[C@H]1c2ncc(C=O)cc2CN1C(=O)O. The molecule has 0 radical (unpaired) electrons. The second kappa shape index (κ2) is 6.05. The zero-order valence-corrected chi connectivity index (χ0v) is 15.3. The Hall–Kier alpha value is -1.73. The lowest BCUT2D eigenvalue weighted by molar-refractivity contribution is 0.105. The monoisotopic (exact) mass is 336 g/mol. The number of hydrogen-bond acceptors (Lipinski definition) is 4. The zero-order valence-electron chi connectivity index (χ0n) is 14.3. The normalized spacial score (nSPS) is 18.0. The summed E-state index contributed by atoms with van der Waals surface area (Å²) >= 11 is 0. The number of carbonyl (C=O) groups is 2. The first-order chi connectivity index (χ1) is 10.6. The molecule has 1 aliphatic rings. The Balaban J connectivity index is 2.26. The molecule has 2 heterocycles. The topological polar surface area (TPSA) is 79.7 Å². The van der Waals surface area contributed by atoms with Crippen LogP contribution in [0.4, 0.5) is 4.79 Å². The van der Waals surface area contributed by atoms with Gasteiger partial charge in [-0.2, -0.15) is 0 Å². The highest BCUT2D eigenvalue weighted by atomic mass is 28.4. The Labute approximate surface area is 137 Å². The lowest BCUT2D eigenvalue weighted by Gasteiger charge is -2.37. The molecule has 6 nitrogen and oxygen atoms in total. The first-order valence-electron chi connectivity index (χ1n) is 7.64. The Morgan fingerprint density at radius 3 is 2.70 bits per heavy atom. The molecule has 2 rings (SSSR count). The highest BCUT2D eigenvalue weighted by Gasteiger charge is 2.41. The quantitative estimate of drug-likeness (QED) is 0.673. The van der Waals surface area contributed by atoms with Crippen molar-refractivity contribution in [2.24, 2.45) is 0 Å². The van der Waals surface area contributed by atoms with Crippen molar-refractivity contribution in [2.75, 3.05) is 6.61 Å². The van der Waals surface area contributed by atoms with E-state index in [9.17, 15) is 14.7 Å². The van der Waals surface area contributed by atoms with Crippen LogP contribution in [0.5, 0.6) is 0 Å². The maximum absolute atomic E-state index is 11.5. The molecule has 1 amide bonds. The van der Waals surface area contributed by atoms with Crippen LogP contribution < -0.4 is 0 Å². The summed E-state index contributed by atoms with van der Waals surface area (Å²) in [4.78, 5) is 28.1. The van der Waals surface area contributed by atoms with Gasteiger partial charge in [0.05, 0.1) is 18.8 Å². The van der Waals surface area contributed by atoms with Crippen molar-refractivity contribution < 1.29 is 19.1 Å². The predicted octanol–water partition coefficient (Wildman–Crippen LogP) is 3.45. The summed E-state index contributed by atoms with van der Waals surface area (Å²) in [5, 5.41) is 9.51. The minimum atomic E-state index is -1.98. The van der Waals surface area contributed by atoms with E-state index >= 15 is 0 Å². The van der Waals surface area contributed by atoms with Crippen molar-refractivity contribution in [3.05, 3.63) is 29.1 Å². The number of amides is 1. The van der Waals surface area contributed by atoms with Crippen LogP contribution in [0.2, 0.25) is 18.1 Å². The van der Waals surface area contributed by atoms with Gasteiger partial charge in [0.1, 0.15) is 6.04 Å². The molecule has 1 N–H and O–H groups in total. The Kier molecular flexibility index (Phi) is 4.63. The van der Waals surface area contributed by atoms with Crippen LogP contribution in [-0.2, 0) is 11.0 Å². The number of carboxylic acid groups (broad SMARTS) is 1. The van der Waals surface area contributed by atoms with Gasteiger partial charge in [-0.1, -0.05) is 20.8 Å². The van der Waals surface area contributed by atoms with Crippen LogP contribution >= 0.6 is 0 Å². The summed E-state index contributed by atoms with van der Waals surface area (Å²) in [6.45, 7) is 11.2. The highest BCUT2D eigenvalue weighted by molar-refractivity contribution is 6.74. The lowest BCUT2D eigenvalue weighted by Crippen LogP contribution is -2.43. The van der Waals surface area contributed by atoms with Crippen molar-refractivity contribution in [3.63, 3.8) is 0 Å². The fourth-order valence-electron chi connectivity index (χ4n) is 2.35. The zero-order chi connectivity index (χ0) is 17.4. The van der Waals surface area contributed by atoms with Gasteiger partial charge in [-0.15, -0.1) is 0 Å². The number of nitrogens with zero attached hydrogens (tertiary/aromatic N) is 2. The molecular weight excluding hydrogens is 312 g/mol. The number of aromatic nitrogens is 1. The smallest absolute Gasteiger partial charge is 0.408 e.